The molecule has 18 heavy (non-hydrogen) atoms. The zero-order valence-electron chi connectivity index (χ0n) is 9.24. The number of halogens is 2. The lowest BCUT2D eigenvalue weighted by Crippen LogP contribution is -2.11. The molecular weight excluding hydrogens is 279 g/mol. The van der Waals surface area contributed by atoms with Crippen LogP contribution < -0.4 is 10.1 Å². The summed E-state index contributed by atoms with van der Waals surface area (Å²) in [5, 5.41) is 6.92. The third-order valence-electron chi connectivity index (χ3n) is 2.10. The number of nitrogens with zero attached hydrogens (tertiary/aromatic N) is 1. The van der Waals surface area contributed by atoms with Crippen LogP contribution >= 0.6 is 23.2 Å². The van der Waals surface area contributed by atoms with Gasteiger partial charge >= 0.3 is 0 Å². The number of ether oxygens (including phenoxy) is 1. The molecule has 0 bridgehead atoms. The molecule has 0 radical (unpaired) electrons. The average Bonchev–Trinajstić information content (AvgIpc) is 2.82. The number of anilines is 1. The quantitative estimate of drug-likeness (QED) is 0.941. The van der Waals surface area contributed by atoms with Gasteiger partial charge in [0.25, 0.3) is 11.8 Å². The Kier molecular flexibility index (Phi) is 3.74. The van der Waals surface area contributed by atoms with Crippen molar-refractivity contribution >= 4 is 34.8 Å². The number of amides is 1. The van der Waals surface area contributed by atoms with Crippen LogP contribution in [-0.4, -0.2) is 18.2 Å². The highest BCUT2D eigenvalue weighted by Crippen LogP contribution is 2.26. The predicted molar refractivity (Wildman–Crippen MR) is 67.5 cm³/mol. The Labute approximate surface area is 113 Å². The Balaban J connectivity index is 2.18. The van der Waals surface area contributed by atoms with Gasteiger partial charge in [0.1, 0.15) is 0 Å². The van der Waals surface area contributed by atoms with Crippen molar-refractivity contribution in [3.05, 3.63) is 40.1 Å². The van der Waals surface area contributed by atoms with Crippen LogP contribution in [0.15, 0.2) is 28.8 Å². The second-order valence-electron chi connectivity index (χ2n) is 3.31. The number of methoxy groups -OCH3 is 1. The molecule has 0 saturated carbocycles. The van der Waals surface area contributed by atoms with Gasteiger partial charge in [-0.2, -0.15) is 0 Å². The first-order valence-electron chi connectivity index (χ1n) is 4.87. The number of carbonyl (C=O) groups excluding carboxylic acids is 1. The highest BCUT2D eigenvalue weighted by Gasteiger charge is 2.15. The minimum atomic E-state index is -0.491. The van der Waals surface area contributed by atoms with Gasteiger partial charge < -0.3 is 14.6 Å². The van der Waals surface area contributed by atoms with E-state index < -0.39 is 5.91 Å². The van der Waals surface area contributed by atoms with Gasteiger partial charge in [-0.15, -0.1) is 0 Å². The van der Waals surface area contributed by atoms with Crippen molar-refractivity contribution in [2.75, 3.05) is 12.4 Å². The van der Waals surface area contributed by atoms with E-state index in [2.05, 4.69) is 10.5 Å². The first kappa shape index (κ1) is 12.7. The Morgan fingerprint density at radius 2 is 2.17 bits per heavy atom. The van der Waals surface area contributed by atoms with Gasteiger partial charge in [0.2, 0.25) is 5.76 Å². The highest BCUT2D eigenvalue weighted by atomic mass is 35.5. The smallest absolute Gasteiger partial charge is 0.294 e. The fourth-order valence-electron chi connectivity index (χ4n) is 1.24. The molecule has 0 aliphatic carbocycles. The monoisotopic (exact) mass is 286 g/mol. The van der Waals surface area contributed by atoms with E-state index in [9.17, 15) is 4.79 Å². The third kappa shape index (κ3) is 2.75. The molecule has 7 heteroatoms. The number of hydrogen-bond donors (Lipinski definition) is 1. The van der Waals surface area contributed by atoms with E-state index in [4.69, 9.17) is 32.5 Å². The van der Waals surface area contributed by atoms with Crippen molar-refractivity contribution < 1.29 is 14.1 Å². The van der Waals surface area contributed by atoms with Gasteiger partial charge in [0, 0.05) is 5.02 Å². The van der Waals surface area contributed by atoms with Crippen molar-refractivity contribution in [2.24, 2.45) is 0 Å². The molecule has 1 amide bonds. The zero-order valence-corrected chi connectivity index (χ0v) is 10.7. The van der Waals surface area contributed by atoms with E-state index in [1.807, 2.05) is 0 Å². The molecule has 0 saturated heterocycles. The maximum Gasteiger partial charge on any atom is 0.294 e. The maximum absolute atomic E-state index is 11.8. The van der Waals surface area contributed by atoms with Gasteiger partial charge in [-0.25, -0.2) is 0 Å². The molecule has 0 spiro atoms. The summed E-state index contributed by atoms with van der Waals surface area (Å²) in [5.41, 5.74) is 0.393. The van der Waals surface area contributed by atoms with E-state index in [0.29, 0.717) is 15.7 Å². The molecule has 1 N–H and O–H groups in total. The predicted octanol–water partition coefficient (Wildman–Crippen LogP) is 3.24. The highest BCUT2D eigenvalue weighted by molar-refractivity contribution is 6.35. The van der Waals surface area contributed by atoms with Gasteiger partial charge in [0.05, 0.1) is 23.9 Å². The molecule has 0 aliphatic rings. The van der Waals surface area contributed by atoms with Gasteiger partial charge in [-0.3, -0.25) is 4.79 Å². The molecule has 5 nitrogen and oxygen atoms in total. The van der Waals surface area contributed by atoms with Crippen LogP contribution in [0.5, 0.6) is 5.88 Å². The lowest BCUT2D eigenvalue weighted by molar-refractivity contribution is 0.0987. The second-order valence-corrected chi connectivity index (χ2v) is 4.16. The standard InChI is InChI=1S/C11H8Cl2N2O3/c1-17-10-5-9(18-15-10)11(16)14-8-4-6(12)2-3-7(8)13/h2-5H,1H3,(H,14,16). The van der Waals surface area contributed by atoms with E-state index in [-0.39, 0.29) is 11.6 Å². The van der Waals surface area contributed by atoms with Crippen molar-refractivity contribution in [3.8, 4) is 5.88 Å². The van der Waals surface area contributed by atoms with Gasteiger partial charge in [-0.1, -0.05) is 23.2 Å². The molecule has 0 aliphatic heterocycles. The minimum absolute atomic E-state index is 0.0166. The van der Waals surface area contributed by atoms with Crippen molar-refractivity contribution in [2.45, 2.75) is 0 Å². The number of hydrogen-bond acceptors (Lipinski definition) is 4. The molecular formula is C11H8Cl2N2O3. The summed E-state index contributed by atoms with van der Waals surface area (Å²) in [6, 6.07) is 6.11. The molecule has 94 valence electrons. The first-order valence-corrected chi connectivity index (χ1v) is 5.63. The van der Waals surface area contributed by atoms with Crippen LogP contribution in [-0.2, 0) is 0 Å². The number of aromatic nitrogens is 1. The molecule has 1 aromatic heterocycles. The van der Waals surface area contributed by atoms with Crippen molar-refractivity contribution in [1.82, 2.24) is 5.16 Å². The normalized spacial score (nSPS) is 10.2. The molecule has 1 heterocycles. The number of carbonyl (C=O) groups is 1. The van der Waals surface area contributed by atoms with Crippen LogP contribution in [0, 0.1) is 0 Å². The largest absolute Gasteiger partial charge is 0.479 e. The summed E-state index contributed by atoms with van der Waals surface area (Å²) in [6.45, 7) is 0. The van der Waals surface area contributed by atoms with E-state index in [1.54, 1.807) is 12.1 Å². The Morgan fingerprint density at radius 3 is 2.83 bits per heavy atom. The summed E-state index contributed by atoms with van der Waals surface area (Å²) < 4.78 is 9.60. The van der Waals surface area contributed by atoms with Gasteiger partial charge in [-0.05, 0) is 23.4 Å². The van der Waals surface area contributed by atoms with Crippen LogP contribution in [0.3, 0.4) is 0 Å². The SMILES string of the molecule is COc1cc(C(=O)Nc2cc(Cl)ccc2Cl)on1. The van der Waals surface area contributed by atoms with E-state index in [0.717, 1.165) is 0 Å². The van der Waals surface area contributed by atoms with E-state index in [1.165, 1.54) is 19.2 Å². The van der Waals surface area contributed by atoms with Crippen LogP contribution in [0.25, 0.3) is 0 Å². The summed E-state index contributed by atoms with van der Waals surface area (Å²) in [4.78, 5) is 11.8. The van der Waals surface area contributed by atoms with Crippen LogP contribution in [0.1, 0.15) is 10.6 Å². The molecule has 0 fully saturated rings. The van der Waals surface area contributed by atoms with Crippen LogP contribution in [0.2, 0.25) is 10.0 Å². The summed E-state index contributed by atoms with van der Waals surface area (Å²) in [6.07, 6.45) is 0. The topological polar surface area (TPSA) is 64.4 Å². The molecule has 0 unspecified atom stereocenters. The van der Waals surface area contributed by atoms with Gasteiger partial charge in [0.15, 0.2) is 0 Å². The Hall–Kier alpha value is -1.72. The molecule has 0 atom stereocenters. The lowest BCUT2D eigenvalue weighted by Gasteiger charge is -2.05. The van der Waals surface area contributed by atoms with Crippen LogP contribution in [0.4, 0.5) is 5.69 Å². The Morgan fingerprint density at radius 1 is 1.39 bits per heavy atom. The fraction of sp³-hybridized carbons (Fsp3) is 0.0909. The third-order valence-corrected chi connectivity index (χ3v) is 2.66. The second kappa shape index (κ2) is 5.29. The zero-order chi connectivity index (χ0) is 13.1. The number of benzene rings is 1. The van der Waals surface area contributed by atoms with E-state index >= 15 is 0 Å². The summed E-state index contributed by atoms with van der Waals surface area (Å²) in [7, 11) is 1.42. The average molecular weight is 287 g/mol. The maximum atomic E-state index is 11.8. The van der Waals surface area contributed by atoms with Crippen molar-refractivity contribution in [1.29, 1.82) is 0 Å². The fourth-order valence-corrected chi connectivity index (χ4v) is 1.58. The number of nitrogens with one attached hydrogen (secondary N) is 1. The Bertz CT molecular complexity index is 583. The molecule has 2 rings (SSSR count). The molecule has 2 aromatic rings. The first-order chi connectivity index (χ1) is 8.60. The molecule has 1 aromatic carbocycles. The van der Waals surface area contributed by atoms with Crippen molar-refractivity contribution in [3.63, 3.8) is 0 Å². The number of rotatable bonds is 3. The minimum Gasteiger partial charge on any atom is -0.479 e. The summed E-state index contributed by atoms with van der Waals surface area (Å²) >= 11 is 11.7. The lowest BCUT2D eigenvalue weighted by atomic mass is 10.3. The summed E-state index contributed by atoms with van der Waals surface area (Å²) in [5.74, 6) is -0.254.